The Balaban J connectivity index is 1.60. The highest BCUT2D eigenvalue weighted by Crippen LogP contribution is 2.23. The summed E-state index contributed by atoms with van der Waals surface area (Å²) < 4.78 is 13.1. The van der Waals surface area contributed by atoms with Gasteiger partial charge < -0.3 is 19.4 Å². The Morgan fingerprint density at radius 1 is 1.44 bits per heavy atom. The van der Waals surface area contributed by atoms with E-state index in [1.54, 1.807) is 11.1 Å². The smallest absolute Gasteiger partial charge is 0.322 e. The topological polar surface area (TPSA) is 98.3 Å². The minimum absolute atomic E-state index is 0.156. The van der Waals surface area contributed by atoms with E-state index in [2.05, 4.69) is 27.5 Å². The van der Waals surface area contributed by atoms with Gasteiger partial charge in [-0.15, -0.1) is 10.2 Å². The highest BCUT2D eigenvalue weighted by Gasteiger charge is 2.29. The molecule has 3 rings (SSSR count). The molecule has 2 amide bonds. The van der Waals surface area contributed by atoms with E-state index in [9.17, 15) is 4.79 Å². The molecule has 1 unspecified atom stereocenters. The third kappa shape index (κ3) is 4.16. The van der Waals surface area contributed by atoms with E-state index in [0.717, 1.165) is 13.0 Å². The van der Waals surface area contributed by atoms with E-state index in [1.807, 2.05) is 24.7 Å². The van der Waals surface area contributed by atoms with Crippen LogP contribution in [0.1, 0.15) is 51.0 Å². The lowest BCUT2D eigenvalue weighted by Gasteiger charge is -2.31. The first-order chi connectivity index (χ1) is 12.1. The minimum atomic E-state index is -0.401. The second-order valence-electron chi connectivity index (χ2n) is 6.36. The number of nitrogens with one attached hydrogen (secondary N) is 1. The number of urea groups is 1. The van der Waals surface area contributed by atoms with Gasteiger partial charge in [-0.2, -0.15) is 5.10 Å². The number of morpholine rings is 1. The third-order valence-electron chi connectivity index (χ3n) is 3.92. The lowest BCUT2D eigenvalue weighted by molar-refractivity contribution is -0.0276. The molecule has 0 aromatic carbocycles. The minimum Gasteiger partial charge on any atom is -0.422 e. The Kier molecular flexibility index (Phi) is 5.32. The normalized spacial score (nSPS) is 17.9. The maximum absolute atomic E-state index is 12.5. The van der Waals surface area contributed by atoms with Crippen LogP contribution < -0.4 is 5.32 Å². The number of hydrogen-bond donors (Lipinski definition) is 1. The largest absolute Gasteiger partial charge is 0.422 e. The molecule has 9 heteroatoms. The van der Waals surface area contributed by atoms with Crippen LogP contribution in [0.25, 0.3) is 0 Å². The van der Waals surface area contributed by atoms with Gasteiger partial charge in [0, 0.05) is 25.2 Å². The predicted molar refractivity (Wildman–Crippen MR) is 90.2 cm³/mol. The molecule has 25 heavy (non-hydrogen) atoms. The van der Waals surface area contributed by atoms with Gasteiger partial charge in [0.2, 0.25) is 11.8 Å². The average molecular weight is 348 g/mol. The predicted octanol–water partition coefficient (Wildman–Crippen LogP) is 2.40. The van der Waals surface area contributed by atoms with Crippen molar-refractivity contribution in [2.75, 3.05) is 25.0 Å². The summed E-state index contributed by atoms with van der Waals surface area (Å²) in [6.45, 7) is 8.17. The number of rotatable bonds is 5. The molecule has 1 saturated heterocycles. The van der Waals surface area contributed by atoms with Gasteiger partial charge in [-0.25, -0.2) is 4.79 Å². The zero-order valence-corrected chi connectivity index (χ0v) is 14.8. The van der Waals surface area contributed by atoms with Crippen molar-refractivity contribution in [1.82, 2.24) is 24.9 Å². The van der Waals surface area contributed by atoms with Crippen molar-refractivity contribution in [3.05, 3.63) is 24.2 Å². The van der Waals surface area contributed by atoms with Crippen molar-refractivity contribution >= 4 is 11.7 Å². The quantitative estimate of drug-likeness (QED) is 0.891. The molecule has 0 bridgehead atoms. The van der Waals surface area contributed by atoms with E-state index < -0.39 is 6.10 Å². The van der Waals surface area contributed by atoms with Crippen LogP contribution in [0.15, 0.2) is 16.8 Å². The van der Waals surface area contributed by atoms with Crippen LogP contribution in [0, 0.1) is 0 Å². The van der Waals surface area contributed by atoms with E-state index in [1.165, 1.54) is 0 Å². The molecule has 1 aliphatic rings. The Morgan fingerprint density at radius 3 is 3.00 bits per heavy atom. The van der Waals surface area contributed by atoms with Crippen molar-refractivity contribution in [1.29, 1.82) is 0 Å². The Morgan fingerprint density at radius 2 is 2.28 bits per heavy atom. The fourth-order valence-electron chi connectivity index (χ4n) is 2.58. The molecule has 0 radical (unpaired) electrons. The van der Waals surface area contributed by atoms with Gasteiger partial charge in [0.05, 0.1) is 25.0 Å². The van der Waals surface area contributed by atoms with Crippen molar-refractivity contribution in [3.63, 3.8) is 0 Å². The van der Waals surface area contributed by atoms with E-state index in [0.29, 0.717) is 37.2 Å². The number of aryl methyl sites for hydroxylation is 1. The average Bonchev–Trinajstić information content (AvgIpc) is 3.25. The zero-order chi connectivity index (χ0) is 17.8. The lowest BCUT2D eigenvalue weighted by Crippen LogP contribution is -2.44. The first kappa shape index (κ1) is 17.4. The van der Waals surface area contributed by atoms with Crippen LogP contribution in [-0.2, 0) is 11.3 Å². The Hall–Kier alpha value is -2.42. The fourth-order valence-corrected chi connectivity index (χ4v) is 2.58. The third-order valence-corrected chi connectivity index (χ3v) is 3.92. The number of hydrogen-bond acceptors (Lipinski definition) is 6. The zero-order valence-electron chi connectivity index (χ0n) is 14.8. The van der Waals surface area contributed by atoms with Crippen molar-refractivity contribution < 1.29 is 13.9 Å². The molecule has 1 atom stereocenters. The molecule has 0 spiro atoms. The summed E-state index contributed by atoms with van der Waals surface area (Å²) in [6, 6.07) is -0.187. The van der Waals surface area contributed by atoms with Crippen molar-refractivity contribution in [3.8, 4) is 0 Å². The summed E-state index contributed by atoms with van der Waals surface area (Å²) >= 11 is 0. The second-order valence-corrected chi connectivity index (χ2v) is 6.36. The van der Waals surface area contributed by atoms with Crippen molar-refractivity contribution in [2.24, 2.45) is 0 Å². The summed E-state index contributed by atoms with van der Waals surface area (Å²) in [4.78, 5) is 14.2. The van der Waals surface area contributed by atoms with Gasteiger partial charge >= 0.3 is 6.03 Å². The van der Waals surface area contributed by atoms with Gasteiger partial charge in [0.25, 0.3) is 0 Å². The number of aromatic nitrogens is 4. The summed E-state index contributed by atoms with van der Waals surface area (Å²) in [5.41, 5.74) is 0.682. The molecule has 9 nitrogen and oxygen atoms in total. The van der Waals surface area contributed by atoms with Crippen LogP contribution in [0.2, 0.25) is 0 Å². The number of carbonyl (C=O) groups excluding carboxylic acids is 1. The van der Waals surface area contributed by atoms with Gasteiger partial charge in [-0.3, -0.25) is 4.68 Å². The van der Waals surface area contributed by atoms with Crippen LogP contribution in [0.3, 0.4) is 0 Å². The Labute approximate surface area is 146 Å². The van der Waals surface area contributed by atoms with Gasteiger partial charge in [-0.05, 0) is 6.42 Å². The van der Waals surface area contributed by atoms with Crippen LogP contribution in [-0.4, -0.2) is 50.6 Å². The van der Waals surface area contributed by atoms with Crippen LogP contribution in [0.5, 0.6) is 0 Å². The van der Waals surface area contributed by atoms with Gasteiger partial charge in [0.1, 0.15) is 0 Å². The first-order valence-electron chi connectivity index (χ1n) is 8.60. The number of amides is 2. The summed E-state index contributed by atoms with van der Waals surface area (Å²) in [5.74, 6) is 1.14. The summed E-state index contributed by atoms with van der Waals surface area (Å²) in [7, 11) is 0. The van der Waals surface area contributed by atoms with Crippen LogP contribution >= 0.6 is 0 Å². The molecule has 0 aliphatic carbocycles. The molecule has 3 heterocycles. The number of ether oxygens (including phenoxy) is 1. The maximum atomic E-state index is 12.5. The number of carbonyl (C=O) groups is 1. The molecule has 1 aliphatic heterocycles. The molecule has 2 aromatic heterocycles. The number of nitrogens with zero attached hydrogens (tertiary/aromatic N) is 5. The molecule has 2 aromatic rings. The summed E-state index contributed by atoms with van der Waals surface area (Å²) in [6.07, 6.45) is 4.07. The molecular formula is C16H24N6O3. The monoisotopic (exact) mass is 348 g/mol. The van der Waals surface area contributed by atoms with E-state index in [-0.39, 0.29) is 11.9 Å². The lowest BCUT2D eigenvalue weighted by atomic mass is 10.2. The molecule has 1 fully saturated rings. The fraction of sp³-hybridized carbons (Fsp3) is 0.625. The Bertz CT molecular complexity index is 710. The molecular weight excluding hydrogens is 324 g/mol. The maximum Gasteiger partial charge on any atom is 0.322 e. The van der Waals surface area contributed by atoms with Gasteiger partial charge in [0.15, 0.2) is 6.10 Å². The molecule has 0 saturated carbocycles. The van der Waals surface area contributed by atoms with Crippen LogP contribution in [0.4, 0.5) is 10.5 Å². The number of anilines is 1. The van der Waals surface area contributed by atoms with Crippen molar-refractivity contribution in [2.45, 2.75) is 45.8 Å². The highest BCUT2D eigenvalue weighted by atomic mass is 16.5. The van der Waals surface area contributed by atoms with E-state index >= 15 is 0 Å². The highest BCUT2D eigenvalue weighted by molar-refractivity contribution is 5.89. The summed E-state index contributed by atoms with van der Waals surface area (Å²) in [5, 5.41) is 15.1. The second kappa shape index (κ2) is 7.64. The first-order valence-corrected chi connectivity index (χ1v) is 8.60. The molecule has 1 N–H and O–H groups in total. The van der Waals surface area contributed by atoms with Gasteiger partial charge in [-0.1, -0.05) is 20.8 Å². The van der Waals surface area contributed by atoms with E-state index in [4.69, 9.17) is 9.15 Å². The molecule has 136 valence electrons. The standard InChI is InChI=1S/C16H24N6O3/c1-4-5-22-9-12(8-17-22)18-16(23)21-6-7-24-13(10-21)15-20-19-14(25-15)11(2)3/h8-9,11,13H,4-7,10H2,1-3H3,(H,18,23). The SMILES string of the molecule is CCCn1cc(NC(=O)N2CCOC(c3nnc(C(C)C)o3)C2)cn1.